The Bertz CT molecular complexity index is 120. The Morgan fingerprint density at radius 1 is 0.737 bits per heavy atom. The number of carbonyl (C=O) groups is 2. The summed E-state index contributed by atoms with van der Waals surface area (Å²) in [5.41, 5.74) is 0. The molecule has 19 heavy (non-hydrogen) atoms. The predicted molar refractivity (Wildman–Crippen MR) is 74.8 cm³/mol. The van der Waals surface area contributed by atoms with E-state index in [-0.39, 0.29) is 30.1 Å². The van der Waals surface area contributed by atoms with E-state index in [9.17, 15) is 0 Å². The van der Waals surface area contributed by atoms with E-state index < -0.39 is 44.9 Å². The van der Waals surface area contributed by atoms with Crippen LogP contribution >= 0.6 is 37.7 Å². The fourth-order valence-corrected chi connectivity index (χ4v) is 0. The van der Waals surface area contributed by atoms with E-state index in [1.165, 1.54) is 0 Å². The normalized spacial score (nSPS) is 4.95. The van der Waals surface area contributed by atoms with Gasteiger partial charge in [-0.15, -0.1) is 0 Å². The molecule has 132 valence electrons. The van der Waals surface area contributed by atoms with Crippen LogP contribution in [0.3, 0.4) is 0 Å². The largest absolute Gasteiger partial charge is 0.693 e. The van der Waals surface area contributed by atoms with Crippen molar-refractivity contribution in [2.24, 2.45) is 0 Å². The summed E-state index contributed by atoms with van der Waals surface area (Å²) in [6.07, 6.45) is 0. The second-order valence-corrected chi connectivity index (χ2v) is 7.69. The predicted octanol–water partition coefficient (Wildman–Crippen LogP) is 4.98. The first-order valence-electron chi connectivity index (χ1n) is 2.33. The molecule has 0 aliphatic carbocycles. The zero-order chi connectivity index (χ0) is 12.6. The molecule has 0 bridgehead atoms. The van der Waals surface area contributed by atoms with Crippen molar-refractivity contribution in [1.29, 1.82) is 0 Å². The average molecular weight is 734 g/mol. The van der Waals surface area contributed by atoms with Gasteiger partial charge in [-0.2, -0.15) is 0 Å². The summed E-state index contributed by atoms with van der Waals surface area (Å²) in [6.45, 7) is 2.17. The summed E-state index contributed by atoms with van der Waals surface area (Å²) in [5, 5.41) is 14.8. The zero-order valence-corrected chi connectivity index (χ0v) is 17.2. The van der Waals surface area contributed by atoms with Gasteiger partial charge in [0.05, 0.1) is 0 Å². The molecule has 0 aromatic rings. The van der Waals surface area contributed by atoms with E-state index in [2.05, 4.69) is 0 Å². The van der Waals surface area contributed by atoms with Crippen molar-refractivity contribution in [3.8, 4) is 0 Å². The minimum absolute atomic E-state index is 0. The van der Waals surface area contributed by atoms with Gasteiger partial charge in [-0.3, -0.25) is 9.59 Å². The summed E-state index contributed by atoms with van der Waals surface area (Å²) in [5.74, 6) is -1.67. The van der Waals surface area contributed by atoms with Crippen LogP contribution < -0.4 is 0 Å². The van der Waals surface area contributed by atoms with Crippen LogP contribution in [0.5, 0.6) is 0 Å². The van der Waals surface area contributed by atoms with E-state index in [1.54, 1.807) is 0 Å². The summed E-state index contributed by atoms with van der Waals surface area (Å²) < 4.78 is 0. The van der Waals surface area contributed by atoms with Gasteiger partial charge in [-0.1, -0.05) is 0 Å². The monoisotopic (exact) mass is 732 g/mol. The quantitative estimate of drug-likeness (QED) is 0.350. The number of rotatable bonds is 0. The van der Waals surface area contributed by atoms with Gasteiger partial charge in [0.2, 0.25) is 0 Å². The second-order valence-electron chi connectivity index (χ2n) is 1.13. The van der Waals surface area contributed by atoms with Gasteiger partial charge < -0.3 is 40.3 Å². The number of carboxylic acids is 2. The van der Waals surface area contributed by atoms with E-state index in [4.69, 9.17) is 57.5 Å². The van der Waals surface area contributed by atoms with E-state index in [0.717, 1.165) is 13.8 Å². The maximum Gasteiger partial charge on any atom is -0.693 e. The van der Waals surface area contributed by atoms with Crippen LogP contribution in [0.2, 0.25) is 0 Å². The SMILES string of the molecule is CC(=O)O.CC(=O)O.O.[Cl][Pt+2][Cl].[Cl][Pt+2][Cl].[NH2-].[NH2-].[NH2-].[NH2-]. The van der Waals surface area contributed by atoms with Crippen LogP contribution in [0.15, 0.2) is 0 Å². The van der Waals surface area contributed by atoms with Gasteiger partial charge in [-0.25, -0.2) is 0 Å². The summed E-state index contributed by atoms with van der Waals surface area (Å²) in [4.78, 5) is 18.0. The minimum atomic E-state index is -0.833. The molecule has 0 spiro atoms. The van der Waals surface area contributed by atoms with Crippen molar-refractivity contribution in [1.82, 2.24) is 0 Å². The standard InChI is InChI=1S/2C2H4O2.4ClH.4H2N.H2O.2Pt/c2*1-2(3)4;;;;;;;;;;;/h2*1H3,(H,3,4);4*1H;5*1H2;;/q;;;;;;4*-1;;2*+4/p-4. The first kappa shape index (κ1) is 59.3. The number of halogens is 4. The molecule has 0 heterocycles. The molecule has 0 aliphatic heterocycles. The molecule has 0 saturated heterocycles. The average Bonchev–Trinajstić information content (AvgIpc) is 1.85. The molecule has 12 N–H and O–H groups in total. The van der Waals surface area contributed by atoms with Gasteiger partial charge in [0.15, 0.2) is 0 Å². The number of aliphatic carboxylic acids is 2. The van der Waals surface area contributed by atoms with Gasteiger partial charge in [0.1, 0.15) is 0 Å². The molecule has 0 rings (SSSR count). The first-order valence-corrected chi connectivity index (χ1v) is 13.6. The van der Waals surface area contributed by atoms with Crippen LogP contribution in [0.25, 0.3) is 24.6 Å². The third-order valence-electron chi connectivity index (χ3n) is 0. The Balaban J connectivity index is -0.00000000929. The van der Waals surface area contributed by atoms with Gasteiger partial charge in [0.25, 0.3) is 11.9 Å². The fourth-order valence-electron chi connectivity index (χ4n) is 0. The third-order valence-corrected chi connectivity index (χ3v) is 0. The smallest absolute Gasteiger partial charge is 0.693 e. The zero-order valence-electron chi connectivity index (χ0n) is 9.66. The van der Waals surface area contributed by atoms with Gasteiger partial charge in [0, 0.05) is 13.8 Å². The van der Waals surface area contributed by atoms with Crippen molar-refractivity contribution in [2.75, 3.05) is 0 Å². The maximum absolute atomic E-state index is 9.00. The molecule has 0 saturated carbocycles. The van der Waals surface area contributed by atoms with Crippen molar-refractivity contribution in [3.05, 3.63) is 24.6 Å². The van der Waals surface area contributed by atoms with E-state index >= 15 is 0 Å². The number of nitrogens with two attached hydrogens (primary N) is 4. The molecule has 0 radical (unpaired) electrons. The summed E-state index contributed by atoms with van der Waals surface area (Å²) in [6, 6.07) is 0. The van der Waals surface area contributed by atoms with E-state index in [0.29, 0.717) is 0 Å². The van der Waals surface area contributed by atoms with E-state index in [1.807, 2.05) is 0 Å². The number of hydrogen-bond acceptors (Lipinski definition) is 2. The molecular weight excluding hydrogens is 716 g/mol. The minimum Gasteiger partial charge on any atom is -0.693 e. The Morgan fingerprint density at radius 2 is 0.737 bits per heavy atom. The Kier molecular flexibility index (Phi) is 233. The molecule has 15 heteroatoms. The third kappa shape index (κ3) is 3530. The second kappa shape index (κ2) is 74.8. The maximum atomic E-state index is 9.00. The number of hydrogen-bond donors (Lipinski definition) is 2. The van der Waals surface area contributed by atoms with Crippen LogP contribution in [0, 0.1) is 0 Å². The fraction of sp³-hybridized carbons (Fsp3) is 0.500. The van der Waals surface area contributed by atoms with Crippen molar-refractivity contribution in [2.45, 2.75) is 13.8 Å². The Morgan fingerprint density at radius 3 is 0.737 bits per heavy atom. The molecule has 0 fully saturated rings. The van der Waals surface area contributed by atoms with Crippen LogP contribution in [-0.4, -0.2) is 27.6 Å². The molecule has 9 nitrogen and oxygen atoms in total. The number of carboxylic acid groups (broad SMARTS) is 2. The molecule has 0 atom stereocenters. The van der Waals surface area contributed by atoms with Crippen LogP contribution in [-0.2, 0) is 42.6 Å². The molecule has 0 unspecified atom stereocenters. The van der Waals surface area contributed by atoms with Crippen LogP contribution in [0.4, 0.5) is 0 Å². The first-order chi connectivity index (χ1) is 6.29. The van der Waals surface area contributed by atoms with Crippen LogP contribution in [0.1, 0.15) is 13.8 Å². The topological polar surface area (TPSA) is 240 Å². The van der Waals surface area contributed by atoms with Crippen molar-refractivity contribution in [3.63, 3.8) is 0 Å². The molecular formula is C4H18Cl4N4O5Pt2. The van der Waals surface area contributed by atoms with Crippen molar-refractivity contribution < 1.29 is 58.2 Å². The van der Waals surface area contributed by atoms with Gasteiger partial charge >= 0.3 is 70.6 Å². The Labute approximate surface area is 145 Å². The Hall–Kier alpha value is 1.28. The molecule has 0 aliphatic rings. The molecule has 0 amide bonds. The summed E-state index contributed by atoms with van der Waals surface area (Å²) >= 11 is -0.944. The van der Waals surface area contributed by atoms with Crippen molar-refractivity contribution >= 4 is 49.6 Å². The van der Waals surface area contributed by atoms with Gasteiger partial charge in [-0.05, 0) is 0 Å². The molecule has 0 aromatic carbocycles. The summed E-state index contributed by atoms with van der Waals surface area (Å²) in [7, 11) is 19.5. The molecule has 0 aromatic heterocycles.